The highest BCUT2D eigenvalue weighted by atomic mass is 19.4. The van der Waals surface area contributed by atoms with Crippen molar-refractivity contribution in [2.24, 2.45) is 7.05 Å². The number of hydrogen-bond acceptors (Lipinski definition) is 4. The maximum absolute atomic E-state index is 12.3. The predicted molar refractivity (Wildman–Crippen MR) is 111 cm³/mol. The molecule has 0 unspecified atom stereocenters. The van der Waals surface area contributed by atoms with Crippen LogP contribution in [-0.4, -0.2) is 70.0 Å². The molecular formula is C22H32F3N3O4. The van der Waals surface area contributed by atoms with Crippen molar-refractivity contribution in [3.63, 3.8) is 0 Å². The van der Waals surface area contributed by atoms with Crippen LogP contribution < -0.4 is 5.32 Å². The third-order valence-corrected chi connectivity index (χ3v) is 6.67. The lowest BCUT2D eigenvalue weighted by Gasteiger charge is -2.39. The lowest BCUT2D eigenvalue weighted by molar-refractivity contribution is -0.192. The zero-order chi connectivity index (χ0) is 23.4. The summed E-state index contributed by atoms with van der Waals surface area (Å²) in [6, 6.07) is 4.55. The van der Waals surface area contributed by atoms with Crippen molar-refractivity contribution in [1.29, 1.82) is 0 Å². The number of nitrogens with one attached hydrogen (secondary N) is 1. The Hall–Kier alpha value is -2.07. The van der Waals surface area contributed by atoms with Gasteiger partial charge in [0.25, 0.3) is 5.91 Å². The highest BCUT2D eigenvalue weighted by Gasteiger charge is 2.44. The fourth-order valence-electron chi connectivity index (χ4n) is 5.02. The summed E-state index contributed by atoms with van der Waals surface area (Å²) in [5.74, 6) is -2.76. The van der Waals surface area contributed by atoms with Crippen LogP contribution in [0.1, 0.15) is 61.9 Å². The molecule has 2 aliphatic heterocycles. The summed E-state index contributed by atoms with van der Waals surface area (Å²) in [4.78, 5) is 23.9. The van der Waals surface area contributed by atoms with Crippen LogP contribution in [0.5, 0.6) is 0 Å². The average Bonchev–Trinajstić information content (AvgIpc) is 3.48. The molecule has 7 nitrogen and oxygen atoms in total. The molecule has 1 aromatic rings. The van der Waals surface area contributed by atoms with Crippen molar-refractivity contribution in [3.05, 3.63) is 24.0 Å². The first-order chi connectivity index (χ1) is 15.1. The smallest absolute Gasteiger partial charge is 0.475 e. The molecule has 4 rings (SSSR count). The van der Waals surface area contributed by atoms with Crippen LogP contribution in [0.2, 0.25) is 0 Å². The highest BCUT2D eigenvalue weighted by Crippen LogP contribution is 2.39. The van der Waals surface area contributed by atoms with Crippen molar-refractivity contribution in [1.82, 2.24) is 14.8 Å². The van der Waals surface area contributed by atoms with Crippen molar-refractivity contribution >= 4 is 11.9 Å². The molecule has 1 amide bonds. The van der Waals surface area contributed by atoms with Crippen molar-refractivity contribution in [2.45, 2.75) is 75.3 Å². The van der Waals surface area contributed by atoms with Crippen LogP contribution >= 0.6 is 0 Å². The number of aromatic nitrogens is 1. The molecule has 3 aliphatic rings. The molecule has 3 fully saturated rings. The second-order valence-corrected chi connectivity index (χ2v) is 8.99. The summed E-state index contributed by atoms with van der Waals surface area (Å²) >= 11 is 0. The molecule has 1 saturated carbocycles. The van der Waals surface area contributed by atoms with Crippen LogP contribution in [-0.2, 0) is 16.6 Å². The fraction of sp³-hybridized carbons (Fsp3) is 0.727. The molecule has 2 saturated heterocycles. The molecule has 2 atom stereocenters. The summed E-state index contributed by atoms with van der Waals surface area (Å²) in [6.07, 6.45) is 7.09. The van der Waals surface area contributed by atoms with Gasteiger partial charge in [0.2, 0.25) is 0 Å². The number of nitrogens with zero attached hydrogens (tertiary/aromatic N) is 2. The van der Waals surface area contributed by atoms with Gasteiger partial charge in [-0.1, -0.05) is 12.8 Å². The molecule has 1 spiro atoms. The minimum Gasteiger partial charge on any atom is -0.475 e. The molecule has 180 valence electrons. The van der Waals surface area contributed by atoms with Crippen LogP contribution in [0.3, 0.4) is 0 Å². The van der Waals surface area contributed by atoms with Crippen LogP contribution in [0.25, 0.3) is 0 Å². The minimum absolute atomic E-state index is 0.00488. The summed E-state index contributed by atoms with van der Waals surface area (Å²) in [7, 11) is 1.90. The summed E-state index contributed by atoms with van der Waals surface area (Å²) in [6.45, 7) is 2.90. The van der Waals surface area contributed by atoms with Gasteiger partial charge in [0.15, 0.2) is 0 Å². The van der Waals surface area contributed by atoms with E-state index in [-0.39, 0.29) is 17.6 Å². The molecule has 1 aliphatic carbocycles. The summed E-state index contributed by atoms with van der Waals surface area (Å²) in [5, 5.41) is 10.2. The molecule has 1 aromatic heterocycles. The van der Waals surface area contributed by atoms with E-state index in [9.17, 15) is 18.0 Å². The van der Waals surface area contributed by atoms with E-state index in [0.717, 1.165) is 25.4 Å². The van der Waals surface area contributed by atoms with Crippen molar-refractivity contribution in [3.8, 4) is 0 Å². The van der Waals surface area contributed by atoms with Gasteiger partial charge < -0.3 is 19.7 Å². The quantitative estimate of drug-likeness (QED) is 0.722. The number of aryl methyl sites for hydroxylation is 1. The lowest BCUT2D eigenvalue weighted by Crippen LogP contribution is -2.47. The Balaban J connectivity index is 0.000000360. The van der Waals surface area contributed by atoms with Gasteiger partial charge in [-0.25, -0.2) is 4.79 Å². The number of carbonyl (C=O) groups excluding carboxylic acids is 1. The van der Waals surface area contributed by atoms with Gasteiger partial charge in [-0.2, -0.15) is 13.2 Å². The zero-order valence-corrected chi connectivity index (χ0v) is 18.4. The Morgan fingerprint density at radius 1 is 1.22 bits per heavy atom. The molecule has 32 heavy (non-hydrogen) atoms. The Kier molecular flexibility index (Phi) is 7.87. The minimum atomic E-state index is -5.08. The Bertz CT molecular complexity index is 792. The summed E-state index contributed by atoms with van der Waals surface area (Å²) in [5.41, 5.74) is 0.750. The second kappa shape index (κ2) is 10.2. The standard InChI is InChI=1S/C20H31N3O2.C2HF3O2/c1-22-12-5-9-18(22)19(24)21-14-17-8-4-10-20(25-17)11-13-23(15-20)16-6-2-3-7-16;3-2(4,5)1(6)7/h5,9,12,16-17H,2-4,6-8,10-11,13-15H2,1H3,(H,21,24);(H,6,7)/t17-,20+;/m0./s1. The number of alkyl halides is 3. The van der Waals surface area contributed by atoms with E-state index in [1.165, 1.54) is 45.1 Å². The first-order valence-corrected chi connectivity index (χ1v) is 11.2. The van der Waals surface area contributed by atoms with Gasteiger partial charge in [-0.05, 0) is 50.7 Å². The normalized spacial score (nSPS) is 26.7. The number of aliphatic carboxylic acids is 1. The van der Waals surface area contributed by atoms with Crippen molar-refractivity contribution in [2.75, 3.05) is 19.6 Å². The maximum atomic E-state index is 12.3. The number of carbonyl (C=O) groups is 2. The molecular weight excluding hydrogens is 427 g/mol. The van der Waals surface area contributed by atoms with Gasteiger partial charge in [0, 0.05) is 38.9 Å². The molecule has 0 aromatic carbocycles. The number of ether oxygens (including phenoxy) is 1. The maximum Gasteiger partial charge on any atom is 0.490 e. The van der Waals surface area contributed by atoms with Gasteiger partial charge in [-0.15, -0.1) is 0 Å². The SMILES string of the molecule is Cn1cccc1C(=O)NC[C@@H]1CCC[C@]2(CCN(C3CCCC3)C2)O1.O=C(O)C(F)(F)F. The first-order valence-electron chi connectivity index (χ1n) is 11.2. The Morgan fingerprint density at radius 3 is 2.50 bits per heavy atom. The molecule has 0 bridgehead atoms. The number of amides is 1. The topological polar surface area (TPSA) is 83.8 Å². The van der Waals surface area contributed by atoms with Crippen molar-refractivity contribution < 1.29 is 32.6 Å². The lowest BCUT2D eigenvalue weighted by atomic mass is 9.90. The summed E-state index contributed by atoms with van der Waals surface area (Å²) < 4.78 is 40.2. The highest BCUT2D eigenvalue weighted by molar-refractivity contribution is 5.92. The van der Waals surface area contributed by atoms with E-state index < -0.39 is 12.1 Å². The molecule has 10 heteroatoms. The average molecular weight is 460 g/mol. The molecule has 0 radical (unpaired) electrons. The monoisotopic (exact) mass is 459 g/mol. The van der Waals surface area contributed by atoms with Gasteiger partial charge in [0.1, 0.15) is 5.69 Å². The number of carboxylic acids is 1. The molecule has 2 N–H and O–H groups in total. The van der Waals surface area contributed by atoms with Crippen LogP contribution in [0, 0.1) is 0 Å². The second-order valence-electron chi connectivity index (χ2n) is 8.99. The number of halogens is 3. The van der Waals surface area contributed by atoms with Crippen LogP contribution in [0.15, 0.2) is 18.3 Å². The van der Waals surface area contributed by atoms with E-state index in [0.29, 0.717) is 12.2 Å². The largest absolute Gasteiger partial charge is 0.490 e. The number of hydrogen-bond donors (Lipinski definition) is 2. The third kappa shape index (κ3) is 6.25. The van der Waals surface area contributed by atoms with E-state index in [1.807, 2.05) is 29.9 Å². The number of carboxylic acid groups (broad SMARTS) is 1. The van der Waals surface area contributed by atoms with E-state index in [2.05, 4.69) is 10.2 Å². The number of rotatable bonds is 4. The third-order valence-electron chi connectivity index (χ3n) is 6.67. The van der Waals surface area contributed by atoms with Crippen LogP contribution in [0.4, 0.5) is 13.2 Å². The number of likely N-dealkylation sites (tertiary alicyclic amines) is 1. The first kappa shape index (κ1) is 24.6. The molecule has 3 heterocycles. The predicted octanol–water partition coefficient (Wildman–Crippen LogP) is 3.34. The van der Waals surface area contributed by atoms with E-state index in [1.54, 1.807) is 0 Å². The van der Waals surface area contributed by atoms with Gasteiger partial charge in [0.05, 0.1) is 11.7 Å². The van der Waals surface area contributed by atoms with E-state index in [4.69, 9.17) is 14.6 Å². The Labute approximate surface area is 185 Å². The Morgan fingerprint density at radius 2 is 1.91 bits per heavy atom. The zero-order valence-electron chi connectivity index (χ0n) is 18.4. The fourth-order valence-corrected chi connectivity index (χ4v) is 5.02. The van der Waals surface area contributed by atoms with E-state index >= 15 is 0 Å². The van der Waals surface area contributed by atoms with Gasteiger partial charge >= 0.3 is 12.1 Å². The van der Waals surface area contributed by atoms with Gasteiger partial charge in [-0.3, -0.25) is 9.69 Å².